The largest absolute Gasteiger partial charge is 0.508 e. The fourth-order valence-corrected chi connectivity index (χ4v) is 2.41. The van der Waals surface area contributed by atoms with Crippen molar-refractivity contribution in [1.82, 2.24) is 0 Å². The van der Waals surface area contributed by atoms with E-state index in [-0.39, 0.29) is 23.2 Å². The summed E-state index contributed by atoms with van der Waals surface area (Å²) in [4.78, 5) is 12.0. The molecule has 4 nitrogen and oxygen atoms in total. The van der Waals surface area contributed by atoms with E-state index in [0.717, 1.165) is 31.7 Å². The van der Waals surface area contributed by atoms with E-state index in [0.29, 0.717) is 5.56 Å². The van der Waals surface area contributed by atoms with Gasteiger partial charge in [0.05, 0.1) is 0 Å². The first-order valence-corrected chi connectivity index (χ1v) is 6.31. The van der Waals surface area contributed by atoms with Gasteiger partial charge in [0, 0.05) is 6.07 Å². The van der Waals surface area contributed by atoms with Gasteiger partial charge in [-0.05, 0) is 44.2 Å². The molecule has 1 aromatic carbocycles. The molecule has 4 heteroatoms. The zero-order valence-corrected chi connectivity index (χ0v) is 10.5. The van der Waals surface area contributed by atoms with Gasteiger partial charge in [0.25, 0.3) is 0 Å². The topological polar surface area (TPSA) is 66.8 Å². The summed E-state index contributed by atoms with van der Waals surface area (Å²) in [7, 11) is 0. The number of rotatable bonds is 2. The lowest BCUT2D eigenvalue weighted by Gasteiger charge is -2.22. The minimum Gasteiger partial charge on any atom is -0.508 e. The lowest BCUT2D eigenvalue weighted by atomic mass is 9.97. The van der Waals surface area contributed by atoms with Crippen molar-refractivity contribution in [1.29, 1.82) is 0 Å². The monoisotopic (exact) mass is 250 g/mol. The van der Waals surface area contributed by atoms with Gasteiger partial charge in [0.2, 0.25) is 0 Å². The van der Waals surface area contributed by atoms with E-state index in [9.17, 15) is 15.0 Å². The Balaban J connectivity index is 2.13. The summed E-state index contributed by atoms with van der Waals surface area (Å²) in [6.07, 6.45) is 5.10. The quantitative estimate of drug-likeness (QED) is 0.792. The van der Waals surface area contributed by atoms with Crippen LogP contribution in [0.2, 0.25) is 0 Å². The van der Waals surface area contributed by atoms with Crippen LogP contribution >= 0.6 is 0 Å². The molecule has 0 atom stereocenters. The molecule has 0 unspecified atom stereocenters. The van der Waals surface area contributed by atoms with Gasteiger partial charge in [-0.3, -0.25) is 0 Å². The van der Waals surface area contributed by atoms with Crippen LogP contribution in [0.3, 0.4) is 0 Å². The van der Waals surface area contributed by atoms with Crippen molar-refractivity contribution in [2.24, 2.45) is 0 Å². The van der Waals surface area contributed by atoms with E-state index in [1.54, 1.807) is 6.92 Å². The first-order chi connectivity index (χ1) is 8.58. The third-order valence-corrected chi connectivity index (χ3v) is 3.33. The first-order valence-electron chi connectivity index (χ1n) is 6.31. The molecule has 0 aromatic heterocycles. The van der Waals surface area contributed by atoms with Crippen LogP contribution in [-0.2, 0) is 4.74 Å². The SMILES string of the molecule is Cc1cc(O)cc(O)c1C(=O)OC1CCCCC1. The third-order valence-electron chi connectivity index (χ3n) is 3.33. The molecule has 0 spiro atoms. The van der Waals surface area contributed by atoms with Crippen molar-refractivity contribution in [2.75, 3.05) is 0 Å². The van der Waals surface area contributed by atoms with Crippen molar-refractivity contribution in [3.63, 3.8) is 0 Å². The number of aromatic hydroxyl groups is 2. The Morgan fingerprint density at radius 3 is 2.50 bits per heavy atom. The molecule has 0 bridgehead atoms. The summed E-state index contributed by atoms with van der Waals surface area (Å²) >= 11 is 0. The normalized spacial score (nSPS) is 16.5. The van der Waals surface area contributed by atoms with E-state index < -0.39 is 5.97 Å². The molecule has 2 N–H and O–H groups in total. The number of hydrogen-bond donors (Lipinski definition) is 2. The van der Waals surface area contributed by atoms with Crippen molar-refractivity contribution < 1.29 is 19.7 Å². The number of carbonyl (C=O) groups excluding carboxylic acids is 1. The molecule has 0 radical (unpaired) electrons. The maximum atomic E-state index is 12.0. The van der Waals surface area contributed by atoms with E-state index in [2.05, 4.69) is 0 Å². The molecule has 98 valence electrons. The Bertz CT molecular complexity index is 424. The van der Waals surface area contributed by atoms with Crippen molar-refractivity contribution >= 4 is 5.97 Å². The van der Waals surface area contributed by atoms with Crippen LogP contribution in [0.1, 0.15) is 48.0 Å². The Morgan fingerprint density at radius 2 is 1.89 bits per heavy atom. The summed E-state index contributed by atoms with van der Waals surface area (Å²) in [5.41, 5.74) is 0.673. The fourth-order valence-electron chi connectivity index (χ4n) is 2.41. The molecule has 1 aliphatic carbocycles. The number of ether oxygens (including phenoxy) is 1. The van der Waals surface area contributed by atoms with E-state index >= 15 is 0 Å². The van der Waals surface area contributed by atoms with Crippen LogP contribution in [0.15, 0.2) is 12.1 Å². The van der Waals surface area contributed by atoms with Gasteiger partial charge in [-0.1, -0.05) is 6.42 Å². The van der Waals surface area contributed by atoms with E-state index in [4.69, 9.17) is 4.74 Å². The summed E-state index contributed by atoms with van der Waals surface area (Å²) in [6, 6.07) is 2.60. The van der Waals surface area contributed by atoms with E-state index in [1.165, 1.54) is 12.5 Å². The predicted molar refractivity (Wildman–Crippen MR) is 66.8 cm³/mol. The lowest BCUT2D eigenvalue weighted by Crippen LogP contribution is -2.21. The maximum absolute atomic E-state index is 12.0. The van der Waals surface area contributed by atoms with Crippen LogP contribution in [0.4, 0.5) is 0 Å². The van der Waals surface area contributed by atoms with Crippen LogP contribution in [0, 0.1) is 6.92 Å². The third kappa shape index (κ3) is 2.75. The molecule has 1 saturated carbocycles. The van der Waals surface area contributed by atoms with Crippen molar-refractivity contribution in [3.8, 4) is 11.5 Å². The summed E-state index contributed by atoms with van der Waals surface area (Å²) < 4.78 is 5.40. The van der Waals surface area contributed by atoms with Gasteiger partial charge in [-0.2, -0.15) is 0 Å². The minimum atomic E-state index is -0.503. The Hall–Kier alpha value is -1.71. The average molecular weight is 250 g/mol. The molecule has 18 heavy (non-hydrogen) atoms. The zero-order valence-electron chi connectivity index (χ0n) is 10.5. The molecule has 0 saturated heterocycles. The molecule has 1 fully saturated rings. The number of phenols is 2. The van der Waals surface area contributed by atoms with Crippen LogP contribution in [-0.4, -0.2) is 22.3 Å². The molecule has 0 amide bonds. The van der Waals surface area contributed by atoms with Crippen LogP contribution in [0.25, 0.3) is 0 Å². The average Bonchev–Trinajstić information content (AvgIpc) is 2.28. The molecule has 2 rings (SSSR count). The maximum Gasteiger partial charge on any atom is 0.342 e. The van der Waals surface area contributed by atoms with Crippen LogP contribution in [0.5, 0.6) is 11.5 Å². The standard InChI is InChI=1S/C14H18O4/c1-9-7-10(15)8-12(16)13(9)14(17)18-11-5-3-2-4-6-11/h7-8,11,15-16H,2-6H2,1H3. The van der Waals surface area contributed by atoms with Crippen molar-refractivity contribution in [2.45, 2.75) is 45.1 Å². The predicted octanol–water partition coefficient (Wildman–Crippen LogP) is 2.90. The summed E-state index contributed by atoms with van der Waals surface area (Å²) in [5.74, 6) is -0.788. The highest BCUT2D eigenvalue weighted by Gasteiger charge is 2.22. The van der Waals surface area contributed by atoms with Gasteiger partial charge in [0.1, 0.15) is 23.2 Å². The second-order valence-corrected chi connectivity index (χ2v) is 4.82. The fraction of sp³-hybridized carbons (Fsp3) is 0.500. The molecular weight excluding hydrogens is 232 g/mol. The summed E-state index contributed by atoms with van der Waals surface area (Å²) in [6.45, 7) is 1.66. The second-order valence-electron chi connectivity index (χ2n) is 4.82. The highest BCUT2D eigenvalue weighted by atomic mass is 16.5. The highest BCUT2D eigenvalue weighted by Crippen LogP contribution is 2.29. The lowest BCUT2D eigenvalue weighted by molar-refractivity contribution is 0.0207. The number of esters is 1. The number of hydrogen-bond acceptors (Lipinski definition) is 4. The van der Waals surface area contributed by atoms with Crippen molar-refractivity contribution in [3.05, 3.63) is 23.3 Å². The molecule has 1 aromatic rings. The molecule has 0 aliphatic heterocycles. The molecular formula is C14H18O4. The van der Waals surface area contributed by atoms with Gasteiger partial charge in [0.15, 0.2) is 0 Å². The zero-order chi connectivity index (χ0) is 13.1. The number of aryl methyl sites for hydroxylation is 1. The Labute approximate surface area is 106 Å². The Kier molecular flexibility index (Phi) is 3.75. The number of benzene rings is 1. The second kappa shape index (κ2) is 5.29. The van der Waals surface area contributed by atoms with Gasteiger partial charge < -0.3 is 14.9 Å². The number of phenolic OH excluding ortho intramolecular Hbond substituents is 2. The molecule has 0 heterocycles. The number of carbonyl (C=O) groups is 1. The van der Waals surface area contributed by atoms with Gasteiger partial charge >= 0.3 is 5.97 Å². The smallest absolute Gasteiger partial charge is 0.342 e. The van der Waals surface area contributed by atoms with Gasteiger partial charge in [-0.15, -0.1) is 0 Å². The summed E-state index contributed by atoms with van der Waals surface area (Å²) in [5, 5.41) is 19.0. The Morgan fingerprint density at radius 1 is 1.22 bits per heavy atom. The highest BCUT2D eigenvalue weighted by molar-refractivity contribution is 5.94. The van der Waals surface area contributed by atoms with Crippen LogP contribution < -0.4 is 0 Å². The van der Waals surface area contributed by atoms with E-state index in [1.807, 2.05) is 0 Å². The minimum absolute atomic E-state index is 0.0427. The van der Waals surface area contributed by atoms with Gasteiger partial charge in [-0.25, -0.2) is 4.79 Å². The molecule has 1 aliphatic rings. The first kappa shape index (κ1) is 12.7.